The maximum absolute atomic E-state index is 13.7. The van der Waals surface area contributed by atoms with E-state index in [1.165, 1.54) is 19.1 Å². The van der Waals surface area contributed by atoms with Gasteiger partial charge in [0.1, 0.15) is 17.1 Å². The minimum Gasteiger partial charge on any atom is -0.497 e. The molecular formula is C29H22N4O4S. The van der Waals surface area contributed by atoms with Gasteiger partial charge in [0, 0.05) is 35.3 Å². The van der Waals surface area contributed by atoms with Crippen LogP contribution in [-0.4, -0.2) is 35.7 Å². The number of amides is 2. The second-order valence-corrected chi connectivity index (χ2v) is 8.88. The van der Waals surface area contributed by atoms with E-state index in [-0.39, 0.29) is 10.7 Å². The third kappa shape index (κ3) is 4.38. The first-order valence-electron chi connectivity index (χ1n) is 11.6. The number of hydrogen-bond donors (Lipinski definition) is 1. The molecule has 188 valence electrons. The number of benzene rings is 3. The molecule has 2 amide bonds. The van der Waals surface area contributed by atoms with Gasteiger partial charge in [-0.05, 0) is 48.1 Å². The molecule has 3 aromatic carbocycles. The molecule has 0 unspecified atom stereocenters. The van der Waals surface area contributed by atoms with Gasteiger partial charge in [0.15, 0.2) is 5.11 Å². The highest BCUT2D eigenvalue weighted by molar-refractivity contribution is 7.80. The number of hydrogen-bond acceptors (Lipinski definition) is 6. The van der Waals surface area contributed by atoms with E-state index >= 15 is 0 Å². The highest BCUT2D eigenvalue weighted by Crippen LogP contribution is 2.35. The molecule has 1 fully saturated rings. The van der Waals surface area contributed by atoms with Gasteiger partial charge in [-0.25, -0.2) is 4.90 Å². The van der Waals surface area contributed by atoms with Crippen molar-refractivity contribution < 1.29 is 19.1 Å². The van der Waals surface area contributed by atoms with Crippen molar-refractivity contribution in [3.05, 3.63) is 95.2 Å². The largest absolute Gasteiger partial charge is 0.497 e. The van der Waals surface area contributed by atoms with E-state index in [2.05, 4.69) is 11.4 Å². The zero-order valence-corrected chi connectivity index (χ0v) is 21.4. The number of nitriles is 1. The maximum atomic E-state index is 13.7. The number of aromatic nitrogens is 1. The Labute approximate surface area is 224 Å². The Hall–Kier alpha value is -4.94. The van der Waals surface area contributed by atoms with Crippen LogP contribution in [0.5, 0.6) is 11.5 Å². The maximum Gasteiger partial charge on any atom is 0.270 e. The van der Waals surface area contributed by atoms with Crippen molar-refractivity contribution in [2.45, 2.75) is 6.54 Å². The van der Waals surface area contributed by atoms with Crippen LogP contribution in [0.4, 0.5) is 5.69 Å². The first-order chi connectivity index (χ1) is 18.4. The molecule has 0 spiro atoms. The lowest BCUT2D eigenvalue weighted by Crippen LogP contribution is -2.54. The average Bonchev–Trinajstić information content (AvgIpc) is 3.28. The molecule has 1 aliphatic heterocycles. The topological polar surface area (TPSA) is 96.6 Å². The second-order valence-electron chi connectivity index (χ2n) is 8.49. The minimum atomic E-state index is -0.588. The highest BCUT2D eigenvalue weighted by Gasteiger charge is 2.36. The fourth-order valence-corrected chi connectivity index (χ4v) is 4.75. The van der Waals surface area contributed by atoms with Crippen LogP contribution in [0.2, 0.25) is 0 Å². The van der Waals surface area contributed by atoms with Gasteiger partial charge in [-0.15, -0.1) is 0 Å². The molecule has 0 aliphatic carbocycles. The zero-order chi connectivity index (χ0) is 26.8. The van der Waals surface area contributed by atoms with E-state index in [9.17, 15) is 14.9 Å². The van der Waals surface area contributed by atoms with Gasteiger partial charge in [-0.3, -0.25) is 14.9 Å². The van der Waals surface area contributed by atoms with Crippen molar-refractivity contribution in [1.82, 2.24) is 9.88 Å². The van der Waals surface area contributed by atoms with Crippen LogP contribution in [0.15, 0.2) is 78.5 Å². The SMILES string of the molecule is COc1ccc(N2C(=O)/C(=C/c3cn(Cc4ccccc4C#N)c4ccccc34)C(=O)NC2=S)c(OC)c1. The molecule has 2 heterocycles. The summed E-state index contributed by atoms with van der Waals surface area (Å²) in [4.78, 5) is 27.9. The summed E-state index contributed by atoms with van der Waals surface area (Å²) in [5.74, 6) is -0.251. The van der Waals surface area contributed by atoms with Gasteiger partial charge in [0.2, 0.25) is 0 Å². The molecule has 1 N–H and O–H groups in total. The fourth-order valence-electron chi connectivity index (χ4n) is 4.47. The third-order valence-electron chi connectivity index (χ3n) is 6.33. The molecule has 0 atom stereocenters. The average molecular weight is 523 g/mol. The number of anilines is 1. The number of rotatable bonds is 6. The Kier molecular flexibility index (Phi) is 6.64. The number of thiocarbonyl (C=S) groups is 1. The van der Waals surface area contributed by atoms with E-state index in [1.54, 1.807) is 30.3 Å². The standard InChI is InChI=1S/C29H22N4O4S/c1-36-21-11-12-25(26(14-21)37-2)33-28(35)23(27(34)31-29(33)38)13-20-17-32(24-10-6-5-9-22(20)24)16-19-8-4-3-7-18(19)15-30/h3-14,17H,16H2,1-2H3,(H,31,34,38)/b23-13+. The summed E-state index contributed by atoms with van der Waals surface area (Å²) in [7, 11) is 3.01. The molecule has 1 saturated heterocycles. The highest BCUT2D eigenvalue weighted by atomic mass is 32.1. The molecular weight excluding hydrogens is 500 g/mol. The monoisotopic (exact) mass is 522 g/mol. The predicted octanol–water partition coefficient (Wildman–Crippen LogP) is 4.41. The van der Waals surface area contributed by atoms with Crippen molar-refractivity contribution in [3.8, 4) is 17.6 Å². The summed E-state index contributed by atoms with van der Waals surface area (Å²) >= 11 is 5.36. The lowest BCUT2D eigenvalue weighted by atomic mass is 10.1. The van der Waals surface area contributed by atoms with E-state index in [4.69, 9.17) is 21.7 Å². The number of carbonyl (C=O) groups is 2. The van der Waals surface area contributed by atoms with Crippen molar-refractivity contribution in [3.63, 3.8) is 0 Å². The molecule has 1 aromatic heterocycles. The first kappa shape index (κ1) is 24.7. The molecule has 5 rings (SSSR count). The number of nitrogens with one attached hydrogen (secondary N) is 1. The molecule has 8 nitrogen and oxygen atoms in total. The summed E-state index contributed by atoms with van der Waals surface area (Å²) in [6.07, 6.45) is 3.44. The Morgan fingerprint density at radius 1 is 1.03 bits per heavy atom. The Bertz CT molecular complexity index is 1680. The molecule has 0 saturated carbocycles. The Morgan fingerprint density at radius 2 is 1.79 bits per heavy atom. The van der Waals surface area contributed by atoms with Crippen molar-refractivity contribution in [1.29, 1.82) is 5.26 Å². The van der Waals surface area contributed by atoms with E-state index in [0.717, 1.165) is 16.5 Å². The van der Waals surface area contributed by atoms with Gasteiger partial charge in [-0.1, -0.05) is 36.4 Å². The van der Waals surface area contributed by atoms with Crippen LogP contribution in [0, 0.1) is 11.3 Å². The van der Waals surface area contributed by atoms with Crippen molar-refractivity contribution in [2.24, 2.45) is 0 Å². The van der Waals surface area contributed by atoms with Crippen LogP contribution in [0.3, 0.4) is 0 Å². The van der Waals surface area contributed by atoms with E-state index in [1.807, 2.05) is 53.2 Å². The number of fused-ring (bicyclic) bond motifs is 1. The van der Waals surface area contributed by atoms with Crippen LogP contribution >= 0.6 is 12.2 Å². The summed E-state index contributed by atoms with van der Waals surface area (Å²) in [5.41, 5.74) is 3.35. The van der Waals surface area contributed by atoms with Crippen LogP contribution < -0.4 is 19.7 Å². The Morgan fingerprint density at radius 3 is 2.55 bits per heavy atom. The first-order valence-corrected chi connectivity index (χ1v) is 12.1. The van der Waals surface area contributed by atoms with Gasteiger partial charge < -0.3 is 14.0 Å². The smallest absolute Gasteiger partial charge is 0.270 e. The lowest BCUT2D eigenvalue weighted by Gasteiger charge is -2.30. The number of methoxy groups -OCH3 is 2. The summed E-state index contributed by atoms with van der Waals surface area (Å²) < 4.78 is 12.7. The summed E-state index contributed by atoms with van der Waals surface area (Å²) in [6, 6.07) is 22.3. The molecule has 38 heavy (non-hydrogen) atoms. The molecule has 9 heteroatoms. The number of ether oxygens (including phenoxy) is 2. The van der Waals surface area contributed by atoms with E-state index < -0.39 is 11.8 Å². The van der Waals surface area contributed by atoms with Gasteiger partial charge in [0.05, 0.1) is 31.5 Å². The van der Waals surface area contributed by atoms with Crippen molar-refractivity contribution in [2.75, 3.05) is 19.1 Å². The quantitative estimate of drug-likeness (QED) is 0.229. The summed E-state index contributed by atoms with van der Waals surface area (Å²) in [5, 5.41) is 12.9. The predicted molar refractivity (Wildman–Crippen MR) is 148 cm³/mol. The minimum absolute atomic E-state index is 0.0452. The van der Waals surface area contributed by atoms with Gasteiger partial charge >= 0.3 is 0 Å². The molecule has 0 bridgehead atoms. The van der Waals surface area contributed by atoms with Crippen LogP contribution in [0.1, 0.15) is 16.7 Å². The number of nitrogens with zero attached hydrogens (tertiary/aromatic N) is 3. The van der Waals surface area contributed by atoms with Crippen LogP contribution in [0.25, 0.3) is 17.0 Å². The van der Waals surface area contributed by atoms with Crippen LogP contribution in [-0.2, 0) is 16.1 Å². The third-order valence-corrected chi connectivity index (χ3v) is 6.61. The van der Waals surface area contributed by atoms with Gasteiger partial charge in [0.25, 0.3) is 11.8 Å². The molecule has 1 aliphatic rings. The number of carbonyl (C=O) groups excluding carboxylic acids is 2. The lowest BCUT2D eigenvalue weighted by molar-refractivity contribution is -0.122. The van der Waals surface area contributed by atoms with Gasteiger partial charge in [-0.2, -0.15) is 5.26 Å². The van der Waals surface area contributed by atoms with E-state index in [0.29, 0.717) is 34.9 Å². The normalized spacial score (nSPS) is 14.5. The second kappa shape index (κ2) is 10.2. The molecule has 4 aromatic rings. The zero-order valence-electron chi connectivity index (χ0n) is 20.6. The molecule has 0 radical (unpaired) electrons. The fraction of sp³-hybridized carbons (Fsp3) is 0.103. The Balaban J connectivity index is 1.58. The van der Waals surface area contributed by atoms with Crippen molar-refractivity contribution >= 4 is 51.8 Å². The summed E-state index contributed by atoms with van der Waals surface area (Å²) in [6.45, 7) is 0.451. The number of para-hydroxylation sites is 1.